The first-order chi connectivity index (χ1) is 8.45. The van der Waals surface area contributed by atoms with Gasteiger partial charge in [0.15, 0.2) is 0 Å². The highest BCUT2D eigenvalue weighted by molar-refractivity contribution is 9.10. The Morgan fingerprint density at radius 3 is 2.33 bits per heavy atom. The molecule has 0 saturated heterocycles. The topological polar surface area (TPSA) is 53.0 Å². The molecule has 0 fully saturated rings. The van der Waals surface area contributed by atoms with Gasteiger partial charge in [0, 0.05) is 23.1 Å². The van der Waals surface area contributed by atoms with Gasteiger partial charge in [-0.3, -0.25) is 4.90 Å². The molecule has 2 N–H and O–H groups in total. The molecule has 3 unspecified atom stereocenters. The highest BCUT2D eigenvalue weighted by atomic mass is 79.9. The fourth-order valence-electron chi connectivity index (χ4n) is 2.21. The predicted molar refractivity (Wildman–Crippen MR) is 77.9 cm³/mol. The molecule has 0 aliphatic heterocycles. The summed E-state index contributed by atoms with van der Waals surface area (Å²) in [7, 11) is 2.02. The van der Waals surface area contributed by atoms with E-state index < -0.39 is 0 Å². The normalized spacial score (nSPS) is 16.1. The number of rotatable bonds is 5. The van der Waals surface area contributed by atoms with Crippen molar-refractivity contribution in [3.8, 4) is 6.07 Å². The van der Waals surface area contributed by atoms with E-state index in [4.69, 9.17) is 11.0 Å². The molecule has 0 aromatic heterocycles. The largest absolute Gasteiger partial charge is 0.326 e. The van der Waals surface area contributed by atoms with Crippen LogP contribution < -0.4 is 5.73 Å². The standard InChI is InChI=1S/C14H20BrN3/c1-10(8-16)9-18(3)14(11(2)17)12-4-6-13(15)7-5-12/h4-7,10-11,14H,9,17H2,1-3H3. The predicted octanol–water partition coefficient (Wildman–Crippen LogP) is 2.93. The summed E-state index contributed by atoms with van der Waals surface area (Å²) in [5.74, 6) is 0.00620. The third kappa shape index (κ3) is 4.09. The number of nitrogens with two attached hydrogens (primary N) is 1. The molecule has 0 amide bonds. The Hall–Kier alpha value is -0.890. The fraction of sp³-hybridized carbons (Fsp3) is 0.500. The molecular weight excluding hydrogens is 290 g/mol. The zero-order valence-electron chi connectivity index (χ0n) is 11.1. The van der Waals surface area contributed by atoms with Gasteiger partial charge < -0.3 is 5.73 Å². The van der Waals surface area contributed by atoms with E-state index >= 15 is 0 Å². The molecule has 0 aliphatic carbocycles. The molecule has 0 radical (unpaired) electrons. The lowest BCUT2D eigenvalue weighted by atomic mass is 9.98. The number of hydrogen-bond acceptors (Lipinski definition) is 3. The van der Waals surface area contributed by atoms with Crippen molar-refractivity contribution in [2.75, 3.05) is 13.6 Å². The van der Waals surface area contributed by atoms with Crippen LogP contribution in [0, 0.1) is 17.2 Å². The van der Waals surface area contributed by atoms with E-state index in [0.29, 0.717) is 0 Å². The van der Waals surface area contributed by atoms with Crippen LogP contribution in [0.1, 0.15) is 25.5 Å². The molecule has 0 aliphatic rings. The van der Waals surface area contributed by atoms with Gasteiger partial charge in [0.1, 0.15) is 0 Å². The molecule has 0 heterocycles. The van der Waals surface area contributed by atoms with E-state index in [9.17, 15) is 0 Å². The van der Waals surface area contributed by atoms with Crippen molar-refractivity contribution in [1.29, 1.82) is 5.26 Å². The summed E-state index contributed by atoms with van der Waals surface area (Å²) < 4.78 is 1.06. The molecule has 0 spiro atoms. The lowest BCUT2D eigenvalue weighted by molar-refractivity contribution is 0.205. The van der Waals surface area contributed by atoms with Gasteiger partial charge in [-0.05, 0) is 38.6 Å². The van der Waals surface area contributed by atoms with Crippen LogP contribution in [-0.2, 0) is 0 Å². The molecule has 1 aromatic rings. The van der Waals surface area contributed by atoms with Crippen molar-refractivity contribution in [2.45, 2.75) is 25.9 Å². The Morgan fingerprint density at radius 2 is 1.89 bits per heavy atom. The highest BCUT2D eigenvalue weighted by Crippen LogP contribution is 2.24. The maximum atomic E-state index is 8.90. The van der Waals surface area contributed by atoms with Crippen molar-refractivity contribution in [3.63, 3.8) is 0 Å². The third-order valence-corrected chi connectivity index (χ3v) is 3.50. The molecule has 98 valence electrons. The number of nitriles is 1. The van der Waals surface area contributed by atoms with E-state index in [1.54, 1.807) is 0 Å². The van der Waals surface area contributed by atoms with E-state index in [0.717, 1.165) is 11.0 Å². The summed E-state index contributed by atoms with van der Waals surface area (Å²) in [5.41, 5.74) is 7.27. The monoisotopic (exact) mass is 309 g/mol. The Balaban J connectivity index is 2.89. The Morgan fingerprint density at radius 1 is 1.33 bits per heavy atom. The maximum absolute atomic E-state index is 8.90. The number of nitrogens with zero attached hydrogens (tertiary/aromatic N) is 2. The number of likely N-dealkylation sites (N-methyl/N-ethyl adjacent to an activating group) is 1. The molecule has 0 saturated carbocycles. The Kier molecular flexibility index (Phi) is 5.80. The third-order valence-electron chi connectivity index (χ3n) is 2.97. The van der Waals surface area contributed by atoms with Crippen LogP contribution >= 0.6 is 15.9 Å². The molecule has 4 heteroatoms. The van der Waals surface area contributed by atoms with Crippen molar-refractivity contribution in [3.05, 3.63) is 34.3 Å². The Bertz CT molecular complexity index is 408. The molecule has 18 heavy (non-hydrogen) atoms. The minimum Gasteiger partial charge on any atom is -0.326 e. The van der Waals surface area contributed by atoms with Crippen LogP contribution in [0.2, 0.25) is 0 Å². The van der Waals surface area contributed by atoms with Gasteiger partial charge in [0.2, 0.25) is 0 Å². The first-order valence-electron chi connectivity index (χ1n) is 6.06. The first-order valence-corrected chi connectivity index (χ1v) is 6.86. The van der Waals surface area contributed by atoms with Crippen molar-refractivity contribution in [1.82, 2.24) is 4.90 Å². The zero-order chi connectivity index (χ0) is 13.7. The summed E-state index contributed by atoms with van der Waals surface area (Å²) in [6.07, 6.45) is 0. The lowest BCUT2D eigenvalue weighted by Crippen LogP contribution is -2.39. The van der Waals surface area contributed by atoms with Crippen LogP contribution in [0.25, 0.3) is 0 Å². The Labute approximate surface area is 118 Å². The van der Waals surface area contributed by atoms with E-state index in [1.807, 2.05) is 33.0 Å². The second-order valence-corrected chi connectivity index (χ2v) is 5.74. The maximum Gasteiger partial charge on any atom is 0.0666 e. The van der Waals surface area contributed by atoms with Gasteiger partial charge in [-0.25, -0.2) is 0 Å². The van der Waals surface area contributed by atoms with E-state index in [-0.39, 0.29) is 18.0 Å². The molecule has 0 bridgehead atoms. The summed E-state index contributed by atoms with van der Waals surface area (Å²) >= 11 is 3.43. The van der Waals surface area contributed by atoms with Crippen LogP contribution in [0.4, 0.5) is 0 Å². The van der Waals surface area contributed by atoms with Crippen molar-refractivity contribution >= 4 is 15.9 Å². The number of hydrogen-bond donors (Lipinski definition) is 1. The number of halogens is 1. The van der Waals surface area contributed by atoms with Gasteiger partial charge in [-0.2, -0.15) is 5.26 Å². The van der Waals surface area contributed by atoms with Gasteiger partial charge >= 0.3 is 0 Å². The molecular formula is C14H20BrN3. The van der Waals surface area contributed by atoms with Crippen molar-refractivity contribution in [2.24, 2.45) is 11.7 Å². The van der Waals surface area contributed by atoms with Crippen LogP contribution in [0.5, 0.6) is 0 Å². The first kappa shape index (κ1) is 15.2. The van der Waals surface area contributed by atoms with Gasteiger partial charge in [-0.1, -0.05) is 28.1 Å². The average molecular weight is 310 g/mol. The number of benzene rings is 1. The lowest BCUT2D eigenvalue weighted by Gasteiger charge is -2.32. The minimum absolute atomic E-state index is 0.00620. The highest BCUT2D eigenvalue weighted by Gasteiger charge is 2.22. The fourth-order valence-corrected chi connectivity index (χ4v) is 2.47. The molecule has 3 nitrogen and oxygen atoms in total. The molecule has 1 aromatic carbocycles. The second-order valence-electron chi connectivity index (χ2n) is 4.83. The molecule has 3 atom stereocenters. The summed E-state index contributed by atoms with van der Waals surface area (Å²) in [4.78, 5) is 2.15. The van der Waals surface area contributed by atoms with E-state index in [1.165, 1.54) is 5.56 Å². The average Bonchev–Trinajstić information content (AvgIpc) is 2.31. The smallest absolute Gasteiger partial charge is 0.0666 e. The van der Waals surface area contributed by atoms with Crippen LogP contribution in [0.15, 0.2) is 28.7 Å². The van der Waals surface area contributed by atoms with Crippen LogP contribution in [-0.4, -0.2) is 24.5 Å². The van der Waals surface area contributed by atoms with Gasteiger partial charge in [0.05, 0.1) is 12.0 Å². The zero-order valence-corrected chi connectivity index (χ0v) is 12.7. The van der Waals surface area contributed by atoms with Gasteiger partial charge in [0.25, 0.3) is 0 Å². The minimum atomic E-state index is 0.00620. The summed E-state index contributed by atoms with van der Waals surface area (Å²) in [6, 6.07) is 10.6. The van der Waals surface area contributed by atoms with Crippen molar-refractivity contribution < 1.29 is 0 Å². The SMILES string of the molecule is CC(C#N)CN(C)C(c1ccc(Br)cc1)C(C)N. The summed E-state index contributed by atoms with van der Waals surface area (Å²) in [5, 5.41) is 8.90. The molecule has 1 rings (SSSR count). The quantitative estimate of drug-likeness (QED) is 0.910. The van der Waals surface area contributed by atoms with Crippen LogP contribution in [0.3, 0.4) is 0 Å². The summed E-state index contributed by atoms with van der Waals surface area (Å²) in [6.45, 7) is 4.65. The van der Waals surface area contributed by atoms with E-state index in [2.05, 4.69) is 39.0 Å². The van der Waals surface area contributed by atoms with Gasteiger partial charge in [-0.15, -0.1) is 0 Å². The second kappa shape index (κ2) is 6.89.